The molecule has 2 rings (SSSR count). The molecule has 7 nitrogen and oxygen atoms in total. The topological polar surface area (TPSA) is 112 Å². The number of aromatic nitrogens is 2. The SMILES string of the molecule is Cc1cc(C)c(S(=O)(=O)Nc2[nH]ncc2C)cc1C(=O)O. The van der Waals surface area contributed by atoms with Crippen molar-refractivity contribution in [2.24, 2.45) is 0 Å². The van der Waals surface area contributed by atoms with E-state index in [1.54, 1.807) is 20.8 Å². The molecule has 0 aliphatic carbocycles. The van der Waals surface area contributed by atoms with Crippen LogP contribution in [0.2, 0.25) is 0 Å². The molecule has 0 unspecified atom stereocenters. The fourth-order valence-corrected chi connectivity index (χ4v) is 3.33. The Morgan fingerprint density at radius 3 is 2.38 bits per heavy atom. The average molecular weight is 309 g/mol. The van der Waals surface area contributed by atoms with Gasteiger partial charge < -0.3 is 5.11 Å². The Labute approximate surface area is 122 Å². The second-order valence-corrected chi connectivity index (χ2v) is 6.42. The van der Waals surface area contributed by atoms with Gasteiger partial charge in [0, 0.05) is 5.56 Å². The number of anilines is 1. The summed E-state index contributed by atoms with van der Waals surface area (Å²) in [5, 5.41) is 15.4. The Kier molecular flexibility index (Phi) is 3.73. The van der Waals surface area contributed by atoms with E-state index in [0.717, 1.165) is 0 Å². The number of carbonyl (C=O) groups is 1. The van der Waals surface area contributed by atoms with Gasteiger partial charge in [0.05, 0.1) is 16.7 Å². The van der Waals surface area contributed by atoms with Crippen LogP contribution < -0.4 is 4.72 Å². The number of sulfonamides is 1. The number of aromatic carboxylic acids is 1. The molecule has 0 bridgehead atoms. The summed E-state index contributed by atoms with van der Waals surface area (Å²) in [5.74, 6) is -0.909. The number of nitrogens with zero attached hydrogens (tertiary/aromatic N) is 1. The number of hydrogen-bond acceptors (Lipinski definition) is 4. The summed E-state index contributed by atoms with van der Waals surface area (Å²) in [4.78, 5) is 11.1. The Balaban J connectivity index is 2.52. The quantitative estimate of drug-likeness (QED) is 0.797. The molecule has 0 spiro atoms. The lowest BCUT2D eigenvalue weighted by atomic mass is 10.1. The fraction of sp³-hybridized carbons (Fsp3) is 0.231. The Hall–Kier alpha value is -2.35. The van der Waals surface area contributed by atoms with Crippen LogP contribution in [-0.4, -0.2) is 29.7 Å². The molecule has 1 aromatic heterocycles. The zero-order valence-electron chi connectivity index (χ0n) is 11.8. The molecule has 2 aromatic rings. The van der Waals surface area contributed by atoms with Gasteiger partial charge in [0.25, 0.3) is 10.0 Å². The van der Waals surface area contributed by atoms with Crippen LogP contribution in [0.5, 0.6) is 0 Å². The highest BCUT2D eigenvalue weighted by molar-refractivity contribution is 7.92. The highest BCUT2D eigenvalue weighted by Crippen LogP contribution is 2.23. The van der Waals surface area contributed by atoms with E-state index >= 15 is 0 Å². The Bertz CT molecular complexity index is 809. The van der Waals surface area contributed by atoms with Crippen LogP contribution in [0.4, 0.5) is 5.82 Å². The number of carboxylic acid groups (broad SMARTS) is 1. The van der Waals surface area contributed by atoms with E-state index in [1.165, 1.54) is 18.3 Å². The predicted octanol–water partition coefficient (Wildman–Crippen LogP) is 1.83. The van der Waals surface area contributed by atoms with Crippen LogP contribution in [0.3, 0.4) is 0 Å². The zero-order chi connectivity index (χ0) is 15.8. The van der Waals surface area contributed by atoms with Crippen molar-refractivity contribution in [3.8, 4) is 0 Å². The van der Waals surface area contributed by atoms with Gasteiger partial charge in [-0.25, -0.2) is 13.2 Å². The van der Waals surface area contributed by atoms with Gasteiger partial charge in [-0.05, 0) is 38.0 Å². The molecule has 8 heteroatoms. The highest BCUT2D eigenvalue weighted by atomic mass is 32.2. The summed E-state index contributed by atoms with van der Waals surface area (Å²) in [6.07, 6.45) is 1.49. The second-order valence-electron chi connectivity index (χ2n) is 4.77. The second kappa shape index (κ2) is 5.21. The molecule has 0 aliphatic rings. The number of benzene rings is 1. The Morgan fingerprint density at radius 2 is 1.86 bits per heavy atom. The molecule has 112 valence electrons. The number of rotatable bonds is 4. The third-order valence-electron chi connectivity index (χ3n) is 3.11. The first-order valence-electron chi connectivity index (χ1n) is 6.09. The van der Waals surface area contributed by atoms with E-state index in [9.17, 15) is 13.2 Å². The van der Waals surface area contributed by atoms with Crippen molar-refractivity contribution in [3.05, 3.63) is 40.6 Å². The number of aryl methyl sites for hydroxylation is 3. The molecular weight excluding hydrogens is 294 g/mol. The first-order chi connectivity index (χ1) is 9.72. The van der Waals surface area contributed by atoms with E-state index < -0.39 is 16.0 Å². The standard InChI is InChI=1S/C13H15N3O4S/c1-7-4-8(2)11(5-10(7)13(17)18)21(19,20)16-12-9(3)6-14-15-12/h4-6H,1-3H3,(H,17,18)(H2,14,15,16). The maximum absolute atomic E-state index is 12.4. The summed E-state index contributed by atoms with van der Waals surface area (Å²) in [7, 11) is -3.89. The first-order valence-corrected chi connectivity index (χ1v) is 7.58. The maximum Gasteiger partial charge on any atom is 0.335 e. The molecule has 1 heterocycles. The van der Waals surface area contributed by atoms with Crippen LogP contribution in [0.1, 0.15) is 27.0 Å². The third-order valence-corrected chi connectivity index (χ3v) is 4.60. The molecule has 0 amide bonds. The smallest absolute Gasteiger partial charge is 0.335 e. The van der Waals surface area contributed by atoms with Crippen LogP contribution in [0.15, 0.2) is 23.2 Å². The largest absolute Gasteiger partial charge is 0.478 e. The lowest BCUT2D eigenvalue weighted by Crippen LogP contribution is -2.16. The van der Waals surface area contributed by atoms with Crippen LogP contribution in [0.25, 0.3) is 0 Å². The molecule has 0 atom stereocenters. The zero-order valence-corrected chi connectivity index (χ0v) is 12.6. The number of H-pyrrole nitrogens is 1. The summed E-state index contributed by atoms with van der Waals surface area (Å²) in [5.41, 5.74) is 1.59. The van der Waals surface area contributed by atoms with Gasteiger partial charge in [-0.1, -0.05) is 6.07 Å². The average Bonchev–Trinajstić information content (AvgIpc) is 2.73. The molecule has 0 saturated carbocycles. The summed E-state index contributed by atoms with van der Waals surface area (Å²) >= 11 is 0. The van der Waals surface area contributed by atoms with Crippen molar-refractivity contribution in [1.82, 2.24) is 10.2 Å². The molecular formula is C13H15N3O4S. The summed E-state index contributed by atoms with van der Waals surface area (Å²) in [6.45, 7) is 4.94. The highest BCUT2D eigenvalue weighted by Gasteiger charge is 2.21. The van der Waals surface area contributed by atoms with Gasteiger partial charge in [-0.15, -0.1) is 0 Å². The minimum absolute atomic E-state index is 0.0395. The molecule has 0 saturated heterocycles. The van der Waals surface area contributed by atoms with E-state index in [4.69, 9.17) is 5.11 Å². The van der Waals surface area contributed by atoms with Crippen molar-refractivity contribution >= 4 is 21.8 Å². The monoisotopic (exact) mass is 309 g/mol. The Morgan fingerprint density at radius 1 is 1.19 bits per heavy atom. The van der Waals surface area contributed by atoms with Crippen molar-refractivity contribution in [1.29, 1.82) is 0 Å². The summed E-state index contributed by atoms with van der Waals surface area (Å²) in [6, 6.07) is 2.71. The molecule has 0 fully saturated rings. The van der Waals surface area contributed by atoms with Crippen LogP contribution in [-0.2, 0) is 10.0 Å². The van der Waals surface area contributed by atoms with Gasteiger partial charge in [-0.2, -0.15) is 5.10 Å². The van der Waals surface area contributed by atoms with Gasteiger partial charge in [0.15, 0.2) is 0 Å². The minimum atomic E-state index is -3.89. The van der Waals surface area contributed by atoms with Gasteiger partial charge in [-0.3, -0.25) is 9.82 Å². The molecule has 0 aliphatic heterocycles. The van der Waals surface area contributed by atoms with E-state index in [1.807, 2.05) is 0 Å². The van der Waals surface area contributed by atoms with Crippen LogP contribution >= 0.6 is 0 Å². The molecule has 0 radical (unpaired) electrons. The predicted molar refractivity (Wildman–Crippen MR) is 77.0 cm³/mol. The van der Waals surface area contributed by atoms with E-state index in [0.29, 0.717) is 16.7 Å². The fourth-order valence-electron chi connectivity index (χ4n) is 1.99. The van der Waals surface area contributed by atoms with Crippen molar-refractivity contribution in [3.63, 3.8) is 0 Å². The minimum Gasteiger partial charge on any atom is -0.478 e. The number of nitrogens with one attached hydrogen (secondary N) is 2. The molecule has 21 heavy (non-hydrogen) atoms. The lowest BCUT2D eigenvalue weighted by Gasteiger charge is -2.12. The number of carboxylic acids is 1. The van der Waals surface area contributed by atoms with Gasteiger partial charge >= 0.3 is 5.97 Å². The van der Waals surface area contributed by atoms with Crippen molar-refractivity contribution < 1.29 is 18.3 Å². The first kappa shape index (κ1) is 15.0. The normalized spacial score (nSPS) is 11.4. The number of hydrogen-bond donors (Lipinski definition) is 3. The third kappa shape index (κ3) is 2.89. The van der Waals surface area contributed by atoms with Crippen molar-refractivity contribution in [2.75, 3.05) is 4.72 Å². The van der Waals surface area contributed by atoms with E-state index in [-0.39, 0.29) is 16.3 Å². The molecule has 3 N–H and O–H groups in total. The molecule has 1 aromatic carbocycles. The maximum atomic E-state index is 12.4. The summed E-state index contributed by atoms with van der Waals surface area (Å²) < 4.78 is 27.2. The van der Waals surface area contributed by atoms with Crippen LogP contribution in [0, 0.1) is 20.8 Å². The van der Waals surface area contributed by atoms with E-state index in [2.05, 4.69) is 14.9 Å². The van der Waals surface area contributed by atoms with Gasteiger partial charge in [0.2, 0.25) is 0 Å². The number of aromatic amines is 1. The van der Waals surface area contributed by atoms with Crippen molar-refractivity contribution in [2.45, 2.75) is 25.7 Å². The van der Waals surface area contributed by atoms with Gasteiger partial charge in [0.1, 0.15) is 5.82 Å². The lowest BCUT2D eigenvalue weighted by molar-refractivity contribution is 0.0696.